The summed E-state index contributed by atoms with van der Waals surface area (Å²) in [7, 11) is 0. The molecule has 44 heavy (non-hydrogen) atoms. The maximum atomic E-state index is 6.44. The average molecular weight is 586 g/mol. The van der Waals surface area contributed by atoms with E-state index in [0.717, 1.165) is 44.5 Å². The highest BCUT2D eigenvalue weighted by molar-refractivity contribution is 7.26. The first kappa shape index (κ1) is 25.3. The van der Waals surface area contributed by atoms with E-state index >= 15 is 0 Å². The summed E-state index contributed by atoms with van der Waals surface area (Å²) in [6.45, 7) is 0. The number of benzene rings is 6. The van der Waals surface area contributed by atoms with Crippen molar-refractivity contribution in [3.8, 4) is 11.1 Å². The van der Waals surface area contributed by atoms with Crippen LogP contribution in [-0.4, -0.2) is 5.84 Å². The minimum absolute atomic E-state index is 0.209. The van der Waals surface area contributed by atoms with Gasteiger partial charge in [-0.15, -0.1) is 11.3 Å². The molecule has 0 radical (unpaired) electrons. The van der Waals surface area contributed by atoms with Gasteiger partial charge in [-0.25, -0.2) is 4.99 Å². The summed E-state index contributed by atoms with van der Waals surface area (Å²) in [4.78, 5) is 5.22. The average Bonchev–Trinajstić information content (AvgIpc) is 3.67. The largest absolute Gasteiger partial charge is 0.456 e. The molecule has 0 saturated heterocycles. The summed E-state index contributed by atoms with van der Waals surface area (Å²) in [6.07, 6.45) is -0.431. The lowest BCUT2D eigenvalue weighted by Crippen LogP contribution is -2.45. The lowest BCUT2D eigenvalue weighted by Gasteiger charge is -2.32. The van der Waals surface area contributed by atoms with Crippen molar-refractivity contribution < 1.29 is 4.42 Å². The second-order valence-corrected chi connectivity index (χ2v) is 12.3. The third-order valence-corrected chi connectivity index (χ3v) is 9.78. The number of nitrogens with one attached hydrogen (secondary N) is 2. The van der Waals surface area contributed by atoms with Crippen molar-refractivity contribution in [2.24, 2.45) is 4.99 Å². The van der Waals surface area contributed by atoms with E-state index in [1.165, 1.54) is 31.3 Å². The Bertz CT molecular complexity index is 2350. The topological polar surface area (TPSA) is 49.6 Å². The minimum Gasteiger partial charge on any atom is -0.456 e. The summed E-state index contributed by atoms with van der Waals surface area (Å²) in [6, 6.07) is 49.0. The quantitative estimate of drug-likeness (QED) is 0.216. The van der Waals surface area contributed by atoms with E-state index in [1.807, 2.05) is 29.5 Å². The summed E-state index contributed by atoms with van der Waals surface area (Å²) < 4.78 is 8.99. The van der Waals surface area contributed by atoms with Gasteiger partial charge in [-0.05, 0) is 28.8 Å². The summed E-state index contributed by atoms with van der Waals surface area (Å²) in [5.41, 5.74) is 7.53. The van der Waals surface area contributed by atoms with Crippen LogP contribution in [0.3, 0.4) is 0 Å². The van der Waals surface area contributed by atoms with Crippen LogP contribution in [0.5, 0.6) is 0 Å². The number of hydrogen-bond acceptors (Lipinski definition) is 5. The molecule has 0 fully saturated rings. The van der Waals surface area contributed by atoms with E-state index in [-0.39, 0.29) is 12.3 Å². The van der Waals surface area contributed by atoms with Crippen molar-refractivity contribution in [2.45, 2.75) is 12.3 Å². The predicted molar refractivity (Wildman–Crippen MR) is 183 cm³/mol. The number of para-hydroxylation sites is 2. The van der Waals surface area contributed by atoms with Gasteiger partial charge in [0.25, 0.3) is 0 Å². The highest BCUT2D eigenvalue weighted by Gasteiger charge is 2.28. The molecule has 2 unspecified atom stereocenters. The van der Waals surface area contributed by atoms with Crippen LogP contribution in [0.15, 0.2) is 149 Å². The van der Waals surface area contributed by atoms with Crippen LogP contribution >= 0.6 is 11.3 Å². The van der Waals surface area contributed by atoms with Gasteiger partial charge in [0.2, 0.25) is 0 Å². The molecule has 5 heteroatoms. The number of hydrogen-bond donors (Lipinski definition) is 2. The van der Waals surface area contributed by atoms with Crippen molar-refractivity contribution in [1.29, 1.82) is 0 Å². The molecule has 0 bridgehead atoms. The number of furan rings is 1. The Morgan fingerprint density at radius 2 is 1.36 bits per heavy atom. The van der Waals surface area contributed by atoms with Gasteiger partial charge >= 0.3 is 0 Å². The Morgan fingerprint density at radius 1 is 0.614 bits per heavy atom. The van der Waals surface area contributed by atoms with Gasteiger partial charge in [-0.3, -0.25) is 5.32 Å². The third kappa shape index (κ3) is 4.13. The van der Waals surface area contributed by atoms with Crippen LogP contribution in [0.2, 0.25) is 0 Å². The highest BCUT2D eigenvalue weighted by atomic mass is 32.1. The van der Waals surface area contributed by atoms with Crippen LogP contribution in [0.1, 0.15) is 29.0 Å². The second kappa shape index (κ2) is 10.2. The zero-order valence-electron chi connectivity index (χ0n) is 23.7. The third-order valence-electron chi connectivity index (χ3n) is 8.58. The lowest BCUT2D eigenvalue weighted by molar-refractivity contribution is 0.408. The molecule has 8 aromatic rings. The zero-order chi connectivity index (χ0) is 29.0. The Balaban J connectivity index is 1.17. The van der Waals surface area contributed by atoms with Crippen LogP contribution in [0, 0.1) is 0 Å². The first-order valence-electron chi connectivity index (χ1n) is 14.9. The summed E-state index contributed by atoms with van der Waals surface area (Å²) in [5, 5.41) is 12.3. The molecule has 3 heterocycles. The molecule has 1 aliphatic heterocycles. The second-order valence-electron chi connectivity index (χ2n) is 11.2. The monoisotopic (exact) mass is 585 g/mol. The number of fused-ring (bicyclic) bond motifs is 6. The van der Waals surface area contributed by atoms with E-state index < -0.39 is 0 Å². The maximum Gasteiger partial charge on any atom is 0.142 e. The number of nitrogens with zero attached hydrogens (tertiary/aromatic N) is 1. The van der Waals surface area contributed by atoms with Gasteiger partial charge < -0.3 is 9.73 Å². The molecule has 6 aromatic carbocycles. The van der Waals surface area contributed by atoms with Crippen LogP contribution in [0.25, 0.3) is 53.2 Å². The Morgan fingerprint density at radius 3 is 2.25 bits per heavy atom. The summed E-state index contributed by atoms with van der Waals surface area (Å²) in [5.74, 6) is 0.860. The zero-order valence-corrected chi connectivity index (χ0v) is 24.5. The molecule has 4 nitrogen and oxygen atoms in total. The van der Waals surface area contributed by atoms with Crippen molar-refractivity contribution >= 4 is 59.3 Å². The van der Waals surface area contributed by atoms with Gasteiger partial charge in [-0.2, -0.15) is 0 Å². The van der Waals surface area contributed by atoms with E-state index in [4.69, 9.17) is 9.41 Å². The molecule has 2 aromatic heterocycles. The standard InChI is InChI=1S/C39H27N3OS/c1-3-11-24(12-4-1)27-16-9-18-31-29-22-21-26(23-34(29)44-36(27)31)38-40-37(25-13-5-2-6-14-25)41-39(42-38)32-19-10-17-30-28-15-7-8-20-33(28)43-35(30)32/h1-23,37,39,41H,(H,40,42). The van der Waals surface area contributed by atoms with Crippen LogP contribution in [-0.2, 0) is 0 Å². The Hall–Kier alpha value is -5.23. The molecule has 0 saturated carbocycles. The molecule has 1 aliphatic rings. The molecule has 210 valence electrons. The Kier molecular flexibility index (Phi) is 5.86. The number of aliphatic imine (C=N–C) groups is 1. The fourth-order valence-corrected chi connectivity index (χ4v) is 7.74. The van der Waals surface area contributed by atoms with Gasteiger partial charge in [0, 0.05) is 42.1 Å². The molecule has 0 aliphatic carbocycles. The van der Waals surface area contributed by atoms with Crippen molar-refractivity contribution in [3.05, 3.63) is 156 Å². The first-order chi connectivity index (χ1) is 21.8. The first-order valence-corrected chi connectivity index (χ1v) is 15.7. The van der Waals surface area contributed by atoms with E-state index in [9.17, 15) is 0 Å². The van der Waals surface area contributed by atoms with E-state index in [0.29, 0.717) is 0 Å². The van der Waals surface area contributed by atoms with Crippen molar-refractivity contribution in [2.75, 3.05) is 0 Å². The van der Waals surface area contributed by atoms with Gasteiger partial charge in [-0.1, -0.05) is 127 Å². The molecular weight excluding hydrogens is 559 g/mol. The number of thiophene rings is 1. The number of amidine groups is 1. The highest BCUT2D eigenvalue weighted by Crippen LogP contribution is 2.41. The Labute approximate surface area is 258 Å². The summed E-state index contributed by atoms with van der Waals surface area (Å²) >= 11 is 1.85. The lowest BCUT2D eigenvalue weighted by atomic mass is 10.0. The van der Waals surface area contributed by atoms with Gasteiger partial charge in [0.15, 0.2) is 0 Å². The smallest absolute Gasteiger partial charge is 0.142 e. The van der Waals surface area contributed by atoms with Gasteiger partial charge in [0.05, 0.1) is 0 Å². The van der Waals surface area contributed by atoms with Crippen molar-refractivity contribution in [3.63, 3.8) is 0 Å². The van der Waals surface area contributed by atoms with Crippen LogP contribution < -0.4 is 10.6 Å². The molecule has 0 amide bonds. The predicted octanol–water partition coefficient (Wildman–Crippen LogP) is 9.96. The number of rotatable bonds is 4. The molecule has 0 spiro atoms. The van der Waals surface area contributed by atoms with E-state index in [1.54, 1.807) is 0 Å². The molecule has 2 N–H and O–H groups in total. The molecular formula is C39H27N3OS. The van der Waals surface area contributed by atoms with Crippen LogP contribution in [0.4, 0.5) is 0 Å². The maximum absolute atomic E-state index is 6.44. The normalized spacial score (nSPS) is 16.9. The van der Waals surface area contributed by atoms with Gasteiger partial charge in [0.1, 0.15) is 29.3 Å². The van der Waals surface area contributed by atoms with Crippen molar-refractivity contribution in [1.82, 2.24) is 10.6 Å². The van der Waals surface area contributed by atoms with E-state index in [2.05, 4.69) is 132 Å². The molecule has 2 atom stereocenters. The minimum atomic E-state index is -0.222. The fraction of sp³-hybridized carbons (Fsp3) is 0.0513. The fourth-order valence-electron chi connectivity index (χ4n) is 6.46. The SMILES string of the molecule is c1ccc(-c2cccc3c2sc2cc(C4=NC(c5ccccc5)NC(c5cccc6c5oc5ccccc56)N4)ccc23)cc1. The molecule has 9 rings (SSSR count).